The van der Waals surface area contributed by atoms with Gasteiger partial charge in [-0.1, -0.05) is 6.07 Å². The summed E-state index contributed by atoms with van der Waals surface area (Å²) < 4.78 is 0. The van der Waals surface area contributed by atoms with Gasteiger partial charge in [0, 0.05) is 12.6 Å². The van der Waals surface area contributed by atoms with Crippen molar-refractivity contribution in [1.82, 2.24) is 11.1 Å². The van der Waals surface area contributed by atoms with Crippen LogP contribution in [0.3, 0.4) is 0 Å². The van der Waals surface area contributed by atoms with E-state index in [-0.39, 0.29) is 5.91 Å². The molecule has 1 radical (unpaired) electrons. The van der Waals surface area contributed by atoms with E-state index >= 15 is 0 Å². The summed E-state index contributed by atoms with van der Waals surface area (Å²) >= 11 is 0. The lowest BCUT2D eigenvalue weighted by molar-refractivity contribution is 0.0963. The van der Waals surface area contributed by atoms with Crippen molar-refractivity contribution in [2.24, 2.45) is 0 Å². The summed E-state index contributed by atoms with van der Waals surface area (Å²) in [7, 11) is 1.57. The molecule has 0 aromatic heterocycles. The quantitative estimate of drug-likeness (QED) is 0.635. The van der Waals surface area contributed by atoms with Crippen molar-refractivity contribution in [1.29, 1.82) is 0 Å². The highest BCUT2D eigenvalue weighted by Crippen LogP contribution is 2.06. The molecule has 1 rings (SSSR count). The highest BCUT2D eigenvalue weighted by molar-refractivity contribution is 5.94. The first-order valence-corrected chi connectivity index (χ1v) is 3.28. The molecule has 0 spiro atoms. The molecule has 0 aliphatic heterocycles. The van der Waals surface area contributed by atoms with Gasteiger partial charge in [-0.2, -0.15) is 0 Å². The number of rotatable bonds is 1. The molecule has 1 aromatic rings. The van der Waals surface area contributed by atoms with Gasteiger partial charge in [0.2, 0.25) is 0 Å². The third-order valence-corrected chi connectivity index (χ3v) is 1.35. The van der Waals surface area contributed by atoms with Gasteiger partial charge in [0.1, 0.15) is 0 Å². The molecule has 57 valence electrons. The number of hydrogen-bond acceptors (Lipinski definition) is 1. The maximum absolute atomic E-state index is 11.0. The Labute approximate surface area is 65.2 Å². The van der Waals surface area contributed by atoms with Crippen LogP contribution in [0.5, 0.6) is 0 Å². The first-order chi connectivity index (χ1) is 5.24. The van der Waals surface area contributed by atoms with Crippen molar-refractivity contribution in [2.75, 3.05) is 7.05 Å². The monoisotopic (exact) mass is 149 g/mol. The van der Waals surface area contributed by atoms with Gasteiger partial charge in [-0.3, -0.25) is 4.79 Å². The highest BCUT2D eigenvalue weighted by Gasteiger charge is 2.00. The number of carbonyl (C=O) groups is 1. The predicted octanol–water partition coefficient (Wildman–Crippen LogP) is 0.961. The number of benzene rings is 1. The normalized spacial score (nSPS) is 9.18. The lowest BCUT2D eigenvalue weighted by Crippen LogP contribution is -2.17. The molecule has 0 unspecified atom stereocenters. The van der Waals surface area contributed by atoms with E-state index in [4.69, 9.17) is 5.73 Å². The molecular formula is C8H9N2O. The Morgan fingerprint density at radius 3 is 2.82 bits per heavy atom. The topological polar surface area (TPSA) is 52.9 Å². The fourth-order valence-electron chi connectivity index (χ4n) is 0.805. The van der Waals surface area contributed by atoms with Gasteiger partial charge in [0.15, 0.2) is 0 Å². The summed E-state index contributed by atoms with van der Waals surface area (Å²) in [4.78, 5) is 11.0. The van der Waals surface area contributed by atoms with E-state index in [1.807, 2.05) is 0 Å². The fourth-order valence-corrected chi connectivity index (χ4v) is 0.805. The lowest BCUT2D eigenvalue weighted by atomic mass is 10.2. The Morgan fingerprint density at radius 2 is 2.27 bits per heavy atom. The van der Waals surface area contributed by atoms with Crippen LogP contribution in [0.25, 0.3) is 0 Å². The second-order valence-electron chi connectivity index (χ2n) is 2.16. The van der Waals surface area contributed by atoms with Crippen LogP contribution in [0.2, 0.25) is 0 Å². The molecule has 2 N–H and O–H groups in total. The van der Waals surface area contributed by atoms with Gasteiger partial charge in [-0.25, -0.2) is 0 Å². The second-order valence-corrected chi connectivity index (χ2v) is 2.16. The van der Waals surface area contributed by atoms with E-state index in [1.165, 1.54) is 6.07 Å². The van der Waals surface area contributed by atoms with Gasteiger partial charge in [0.05, 0.1) is 5.69 Å². The minimum Gasteiger partial charge on any atom is -0.355 e. The van der Waals surface area contributed by atoms with Crippen LogP contribution in [-0.2, 0) is 0 Å². The molecular weight excluding hydrogens is 140 g/mol. The number of hydrogen-bond donors (Lipinski definition) is 1. The third kappa shape index (κ3) is 1.70. The second kappa shape index (κ2) is 3.05. The Kier molecular flexibility index (Phi) is 2.11. The summed E-state index contributed by atoms with van der Waals surface area (Å²) in [6.07, 6.45) is 0. The Morgan fingerprint density at radius 1 is 1.55 bits per heavy atom. The van der Waals surface area contributed by atoms with Crippen molar-refractivity contribution >= 4 is 11.6 Å². The zero-order valence-electron chi connectivity index (χ0n) is 6.22. The van der Waals surface area contributed by atoms with Crippen LogP contribution >= 0.6 is 0 Å². The summed E-state index contributed by atoms with van der Waals surface area (Å²) in [5, 5.41) is 2.49. The van der Waals surface area contributed by atoms with Crippen LogP contribution in [0.4, 0.5) is 5.69 Å². The molecule has 0 aliphatic carbocycles. The van der Waals surface area contributed by atoms with E-state index in [2.05, 4.69) is 5.32 Å². The van der Waals surface area contributed by atoms with Gasteiger partial charge in [-0.15, -0.1) is 0 Å². The Balaban J connectivity index is 2.96. The molecule has 0 atom stereocenters. The zero-order valence-corrected chi connectivity index (χ0v) is 6.22. The zero-order chi connectivity index (χ0) is 8.27. The first-order valence-electron chi connectivity index (χ1n) is 3.28. The number of nitrogens with one attached hydrogen (secondary N) is 2. The smallest absolute Gasteiger partial charge is 0.251 e. The van der Waals surface area contributed by atoms with Crippen LogP contribution in [0, 0.1) is 0 Å². The Bertz CT molecular complexity index is 271. The van der Waals surface area contributed by atoms with Crippen molar-refractivity contribution < 1.29 is 4.79 Å². The Hall–Kier alpha value is -1.51. The minimum absolute atomic E-state index is 0.154. The molecule has 3 nitrogen and oxygen atoms in total. The molecule has 1 aromatic carbocycles. The van der Waals surface area contributed by atoms with Gasteiger partial charge in [-0.05, 0) is 18.2 Å². The average Bonchev–Trinajstić information content (AvgIpc) is 2.03. The summed E-state index contributed by atoms with van der Waals surface area (Å²) in [5.41, 5.74) is 8.10. The van der Waals surface area contributed by atoms with Crippen molar-refractivity contribution in [3.05, 3.63) is 29.8 Å². The van der Waals surface area contributed by atoms with Crippen molar-refractivity contribution in [3.63, 3.8) is 0 Å². The standard InChI is InChI=1S/C8H9N2O/c1-10-8(11)6-3-2-4-7(9)5-6/h2-5,9H,1H3,(H,10,11). The molecule has 3 heteroatoms. The predicted molar refractivity (Wildman–Crippen MR) is 42.6 cm³/mol. The molecule has 0 saturated carbocycles. The van der Waals surface area contributed by atoms with E-state index in [1.54, 1.807) is 25.2 Å². The summed E-state index contributed by atoms with van der Waals surface area (Å²) in [6.45, 7) is 0. The largest absolute Gasteiger partial charge is 0.355 e. The molecule has 1 amide bonds. The molecule has 0 aliphatic rings. The summed E-state index contributed by atoms with van der Waals surface area (Å²) in [5.74, 6) is -0.154. The van der Waals surface area contributed by atoms with Crippen molar-refractivity contribution in [3.8, 4) is 0 Å². The highest BCUT2D eigenvalue weighted by atomic mass is 16.1. The molecule has 0 saturated heterocycles. The van der Waals surface area contributed by atoms with Crippen LogP contribution in [0.15, 0.2) is 24.3 Å². The van der Waals surface area contributed by atoms with Crippen LogP contribution < -0.4 is 11.1 Å². The fraction of sp³-hybridized carbons (Fsp3) is 0.125. The third-order valence-electron chi connectivity index (χ3n) is 1.35. The maximum atomic E-state index is 11.0. The molecule has 11 heavy (non-hydrogen) atoms. The van der Waals surface area contributed by atoms with E-state index < -0.39 is 0 Å². The molecule has 0 bridgehead atoms. The first kappa shape index (κ1) is 7.60. The SMILES string of the molecule is CNC(=O)c1cccc([NH])c1. The number of amides is 1. The van der Waals surface area contributed by atoms with E-state index in [0.717, 1.165) is 0 Å². The van der Waals surface area contributed by atoms with Crippen LogP contribution in [-0.4, -0.2) is 13.0 Å². The van der Waals surface area contributed by atoms with Gasteiger partial charge < -0.3 is 11.1 Å². The minimum atomic E-state index is -0.154. The average molecular weight is 149 g/mol. The van der Waals surface area contributed by atoms with E-state index in [0.29, 0.717) is 11.3 Å². The lowest BCUT2D eigenvalue weighted by Gasteiger charge is -1.98. The van der Waals surface area contributed by atoms with Gasteiger partial charge in [0.25, 0.3) is 5.91 Å². The molecule has 0 heterocycles. The maximum Gasteiger partial charge on any atom is 0.251 e. The van der Waals surface area contributed by atoms with Crippen LogP contribution in [0.1, 0.15) is 10.4 Å². The number of carbonyl (C=O) groups excluding carboxylic acids is 1. The van der Waals surface area contributed by atoms with E-state index in [9.17, 15) is 4.79 Å². The molecule has 0 fully saturated rings. The van der Waals surface area contributed by atoms with Gasteiger partial charge >= 0.3 is 0 Å². The summed E-state index contributed by atoms with van der Waals surface area (Å²) in [6, 6.07) is 6.52. The van der Waals surface area contributed by atoms with Crippen molar-refractivity contribution in [2.45, 2.75) is 0 Å².